The van der Waals surface area contributed by atoms with Crippen LogP contribution < -0.4 is 10.5 Å². The van der Waals surface area contributed by atoms with Crippen LogP contribution in [0.3, 0.4) is 0 Å². The van der Waals surface area contributed by atoms with Gasteiger partial charge in [0.15, 0.2) is 0 Å². The van der Waals surface area contributed by atoms with Gasteiger partial charge in [0.1, 0.15) is 5.01 Å². The van der Waals surface area contributed by atoms with Crippen molar-refractivity contribution in [3.05, 3.63) is 16.8 Å². The lowest BCUT2D eigenvalue weighted by Gasteiger charge is -2.01. The summed E-state index contributed by atoms with van der Waals surface area (Å²) >= 11 is 1.56. The Kier molecular flexibility index (Phi) is 2.93. The molecule has 0 radical (unpaired) electrons. The Morgan fingerprint density at radius 3 is 2.88 bits per heavy atom. The molecule has 86 valence electrons. The Balaban J connectivity index is 2.54. The Morgan fingerprint density at radius 2 is 2.31 bits per heavy atom. The number of aromatic nitrogens is 3. The molecule has 0 aromatic carbocycles. The molecule has 0 atom stereocenters. The predicted octanol–water partition coefficient (Wildman–Crippen LogP) is 1.32. The zero-order valence-corrected chi connectivity index (χ0v) is 10.3. The highest BCUT2D eigenvalue weighted by atomic mass is 32.1. The highest BCUT2D eigenvalue weighted by molar-refractivity contribution is 7.13. The van der Waals surface area contributed by atoms with Crippen molar-refractivity contribution in [3.8, 4) is 16.5 Å². The van der Waals surface area contributed by atoms with Crippen LogP contribution in [0.25, 0.3) is 10.6 Å². The van der Waals surface area contributed by atoms with Gasteiger partial charge in [-0.1, -0.05) is 0 Å². The summed E-state index contributed by atoms with van der Waals surface area (Å²) in [7, 11) is 3.49. The lowest BCUT2D eigenvalue weighted by Crippen LogP contribution is -1.97. The molecule has 0 aliphatic rings. The zero-order valence-electron chi connectivity index (χ0n) is 9.52. The quantitative estimate of drug-likeness (QED) is 0.875. The fraction of sp³-hybridized carbons (Fsp3) is 0.400. The summed E-state index contributed by atoms with van der Waals surface area (Å²) in [6, 6.07) is 0. The SMILES string of the molecule is COc1c(-c2nc(CN)cs2)c(C)nn1C. The van der Waals surface area contributed by atoms with Crippen LogP contribution in [0.4, 0.5) is 0 Å². The molecule has 2 aromatic heterocycles. The molecule has 0 saturated heterocycles. The molecule has 2 N–H and O–H groups in total. The molecule has 16 heavy (non-hydrogen) atoms. The standard InChI is InChI=1S/C10H14N4OS/c1-6-8(10(15-3)14(2)13-6)9-12-7(4-11)5-16-9/h5H,4,11H2,1-3H3. The second-order valence-electron chi connectivity index (χ2n) is 3.44. The van der Waals surface area contributed by atoms with Crippen LogP contribution in [0.1, 0.15) is 11.4 Å². The number of methoxy groups -OCH3 is 1. The third kappa shape index (κ3) is 1.70. The molecule has 6 heteroatoms. The molecular formula is C10H14N4OS. The van der Waals surface area contributed by atoms with Crippen molar-refractivity contribution in [2.24, 2.45) is 12.8 Å². The monoisotopic (exact) mass is 238 g/mol. The summed E-state index contributed by atoms with van der Waals surface area (Å²) in [6.07, 6.45) is 0. The van der Waals surface area contributed by atoms with Crippen LogP contribution in [0.2, 0.25) is 0 Å². The second kappa shape index (κ2) is 4.23. The van der Waals surface area contributed by atoms with Crippen LogP contribution in [0.5, 0.6) is 5.88 Å². The highest BCUT2D eigenvalue weighted by Gasteiger charge is 2.18. The largest absolute Gasteiger partial charge is 0.481 e. The molecule has 2 heterocycles. The number of ether oxygens (including phenoxy) is 1. The Labute approximate surface area is 97.9 Å². The van der Waals surface area contributed by atoms with Crippen LogP contribution in [-0.2, 0) is 13.6 Å². The molecule has 0 aliphatic carbocycles. The van der Waals surface area contributed by atoms with Crippen LogP contribution in [-0.4, -0.2) is 21.9 Å². The maximum Gasteiger partial charge on any atom is 0.222 e. The van der Waals surface area contributed by atoms with Gasteiger partial charge in [-0.3, -0.25) is 0 Å². The van der Waals surface area contributed by atoms with E-state index < -0.39 is 0 Å². The normalized spacial score (nSPS) is 10.8. The number of aryl methyl sites for hydroxylation is 2. The number of nitrogens with two attached hydrogens (primary N) is 1. The van der Waals surface area contributed by atoms with E-state index >= 15 is 0 Å². The Morgan fingerprint density at radius 1 is 1.56 bits per heavy atom. The number of nitrogens with zero attached hydrogens (tertiary/aromatic N) is 3. The maximum atomic E-state index is 5.55. The molecule has 0 fully saturated rings. The molecule has 0 saturated carbocycles. The van der Waals surface area contributed by atoms with Gasteiger partial charge in [-0.15, -0.1) is 11.3 Å². The van der Waals surface area contributed by atoms with Crippen molar-refractivity contribution in [1.82, 2.24) is 14.8 Å². The molecular weight excluding hydrogens is 224 g/mol. The maximum absolute atomic E-state index is 5.55. The Hall–Kier alpha value is -1.40. The molecule has 0 bridgehead atoms. The fourth-order valence-corrected chi connectivity index (χ4v) is 2.55. The van der Waals surface area contributed by atoms with Gasteiger partial charge in [-0.2, -0.15) is 5.10 Å². The number of hydrogen-bond acceptors (Lipinski definition) is 5. The van der Waals surface area contributed by atoms with Gasteiger partial charge in [0, 0.05) is 19.0 Å². The highest BCUT2D eigenvalue weighted by Crippen LogP contribution is 2.34. The van der Waals surface area contributed by atoms with E-state index in [9.17, 15) is 0 Å². The van der Waals surface area contributed by atoms with Gasteiger partial charge in [0.05, 0.1) is 24.1 Å². The van der Waals surface area contributed by atoms with E-state index in [1.54, 1.807) is 23.1 Å². The zero-order chi connectivity index (χ0) is 11.7. The molecule has 0 spiro atoms. The van der Waals surface area contributed by atoms with Gasteiger partial charge in [-0.25, -0.2) is 9.67 Å². The summed E-state index contributed by atoms with van der Waals surface area (Å²) in [4.78, 5) is 4.44. The van der Waals surface area contributed by atoms with Gasteiger partial charge < -0.3 is 10.5 Å². The smallest absolute Gasteiger partial charge is 0.222 e. The number of thiazole rings is 1. The van der Waals surface area contributed by atoms with E-state index in [-0.39, 0.29) is 0 Å². The van der Waals surface area contributed by atoms with Crippen LogP contribution in [0.15, 0.2) is 5.38 Å². The minimum absolute atomic E-state index is 0.456. The van der Waals surface area contributed by atoms with E-state index in [1.807, 2.05) is 19.4 Å². The fourth-order valence-electron chi connectivity index (χ4n) is 1.63. The van der Waals surface area contributed by atoms with Crippen molar-refractivity contribution in [1.29, 1.82) is 0 Å². The van der Waals surface area contributed by atoms with Crippen LogP contribution >= 0.6 is 11.3 Å². The first kappa shape index (κ1) is 11.1. The van der Waals surface area contributed by atoms with Crippen molar-refractivity contribution < 1.29 is 4.74 Å². The summed E-state index contributed by atoms with van der Waals surface area (Å²) in [5, 5.41) is 7.19. The molecule has 2 rings (SSSR count). The third-order valence-corrected chi connectivity index (χ3v) is 3.25. The van der Waals surface area contributed by atoms with Gasteiger partial charge >= 0.3 is 0 Å². The summed E-state index contributed by atoms with van der Waals surface area (Å²) in [5.74, 6) is 0.732. The summed E-state index contributed by atoms with van der Waals surface area (Å²) in [6.45, 7) is 2.40. The van der Waals surface area contributed by atoms with E-state index in [4.69, 9.17) is 10.5 Å². The first-order chi connectivity index (χ1) is 7.67. The van der Waals surface area contributed by atoms with E-state index in [0.717, 1.165) is 27.8 Å². The van der Waals surface area contributed by atoms with Crippen LogP contribution in [0, 0.1) is 6.92 Å². The molecule has 0 aliphatic heterocycles. The minimum Gasteiger partial charge on any atom is -0.481 e. The number of hydrogen-bond donors (Lipinski definition) is 1. The molecule has 2 aromatic rings. The molecule has 5 nitrogen and oxygen atoms in total. The average Bonchev–Trinajstić information content (AvgIpc) is 2.82. The van der Waals surface area contributed by atoms with Crippen molar-refractivity contribution in [2.75, 3.05) is 7.11 Å². The first-order valence-electron chi connectivity index (χ1n) is 4.89. The summed E-state index contributed by atoms with van der Waals surface area (Å²) < 4.78 is 7.05. The predicted molar refractivity (Wildman–Crippen MR) is 63.5 cm³/mol. The van der Waals surface area contributed by atoms with Crippen molar-refractivity contribution in [2.45, 2.75) is 13.5 Å². The average molecular weight is 238 g/mol. The minimum atomic E-state index is 0.456. The number of rotatable bonds is 3. The molecule has 0 unspecified atom stereocenters. The van der Waals surface area contributed by atoms with E-state index in [2.05, 4.69) is 10.1 Å². The van der Waals surface area contributed by atoms with Gasteiger partial charge in [0.2, 0.25) is 5.88 Å². The summed E-state index contributed by atoms with van der Waals surface area (Å²) in [5.41, 5.74) is 8.31. The topological polar surface area (TPSA) is 66.0 Å². The second-order valence-corrected chi connectivity index (χ2v) is 4.30. The Bertz CT molecular complexity index is 503. The molecule has 0 amide bonds. The third-order valence-electron chi connectivity index (χ3n) is 2.34. The van der Waals surface area contributed by atoms with Crippen molar-refractivity contribution >= 4 is 11.3 Å². The van der Waals surface area contributed by atoms with E-state index in [1.165, 1.54) is 0 Å². The van der Waals surface area contributed by atoms with Gasteiger partial charge in [-0.05, 0) is 6.92 Å². The van der Waals surface area contributed by atoms with Crippen molar-refractivity contribution in [3.63, 3.8) is 0 Å². The first-order valence-corrected chi connectivity index (χ1v) is 5.77. The lowest BCUT2D eigenvalue weighted by atomic mass is 10.2. The van der Waals surface area contributed by atoms with E-state index in [0.29, 0.717) is 6.54 Å². The van der Waals surface area contributed by atoms with Gasteiger partial charge in [0.25, 0.3) is 0 Å². The lowest BCUT2D eigenvalue weighted by molar-refractivity contribution is 0.375.